The maximum atomic E-state index is 10.7. The molecule has 0 bridgehead atoms. The molecule has 1 aromatic carbocycles. The predicted octanol–water partition coefficient (Wildman–Crippen LogP) is 4.39. The average molecular weight is 304 g/mol. The van der Waals surface area contributed by atoms with Crippen LogP contribution in [-0.2, 0) is 5.75 Å². The molecule has 0 aliphatic heterocycles. The SMILES string of the molecule is CCC(C)SCc1ccc(Br)c([N+](=O)[O-])c1. The molecule has 3 nitrogen and oxygen atoms in total. The molecule has 5 heteroatoms. The Morgan fingerprint density at radius 1 is 1.56 bits per heavy atom. The van der Waals surface area contributed by atoms with E-state index in [1.807, 2.05) is 17.8 Å². The van der Waals surface area contributed by atoms with Crippen molar-refractivity contribution < 1.29 is 4.92 Å². The van der Waals surface area contributed by atoms with Gasteiger partial charge in [-0.3, -0.25) is 10.1 Å². The van der Waals surface area contributed by atoms with Crippen molar-refractivity contribution in [1.29, 1.82) is 0 Å². The molecule has 0 spiro atoms. The molecule has 1 rings (SSSR count). The zero-order chi connectivity index (χ0) is 12.1. The van der Waals surface area contributed by atoms with Gasteiger partial charge in [-0.15, -0.1) is 0 Å². The van der Waals surface area contributed by atoms with Crippen LogP contribution in [0.15, 0.2) is 22.7 Å². The van der Waals surface area contributed by atoms with Crippen molar-refractivity contribution in [1.82, 2.24) is 0 Å². The van der Waals surface area contributed by atoms with Crippen molar-refractivity contribution >= 4 is 33.4 Å². The molecular weight excluding hydrogens is 290 g/mol. The number of hydrogen-bond donors (Lipinski definition) is 0. The standard InChI is InChI=1S/C11H14BrNO2S/c1-3-8(2)16-7-9-4-5-10(12)11(6-9)13(14)15/h4-6,8H,3,7H2,1-2H3. The molecule has 0 heterocycles. The summed E-state index contributed by atoms with van der Waals surface area (Å²) in [4.78, 5) is 10.4. The van der Waals surface area contributed by atoms with Crippen molar-refractivity contribution in [3.63, 3.8) is 0 Å². The number of halogens is 1. The van der Waals surface area contributed by atoms with Gasteiger partial charge in [-0.05, 0) is 34.0 Å². The highest BCUT2D eigenvalue weighted by atomic mass is 79.9. The van der Waals surface area contributed by atoms with Gasteiger partial charge in [-0.1, -0.05) is 19.9 Å². The Morgan fingerprint density at radius 2 is 2.25 bits per heavy atom. The lowest BCUT2D eigenvalue weighted by Crippen LogP contribution is -1.95. The van der Waals surface area contributed by atoms with Crippen molar-refractivity contribution in [2.75, 3.05) is 0 Å². The van der Waals surface area contributed by atoms with Gasteiger partial charge < -0.3 is 0 Å². The second-order valence-electron chi connectivity index (χ2n) is 3.57. The lowest BCUT2D eigenvalue weighted by molar-refractivity contribution is -0.385. The largest absolute Gasteiger partial charge is 0.283 e. The van der Waals surface area contributed by atoms with Crippen LogP contribution in [0.2, 0.25) is 0 Å². The average Bonchev–Trinajstić information content (AvgIpc) is 2.27. The van der Waals surface area contributed by atoms with E-state index in [9.17, 15) is 10.1 Å². The second kappa shape index (κ2) is 6.25. The van der Waals surface area contributed by atoms with Crippen molar-refractivity contribution in [3.8, 4) is 0 Å². The maximum Gasteiger partial charge on any atom is 0.283 e. The molecule has 0 N–H and O–H groups in total. The van der Waals surface area contributed by atoms with Crippen LogP contribution in [0.4, 0.5) is 5.69 Å². The number of nitro benzene ring substituents is 1. The highest BCUT2D eigenvalue weighted by Gasteiger charge is 2.12. The normalized spacial score (nSPS) is 12.4. The van der Waals surface area contributed by atoms with E-state index in [1.54, 1.807) is 12.1 Å². The summed E-state index contributed by atoms with van der Waals surface area (Å²) in [6.45, 7) is 4.31. The lowest BCUT2D eigenvalue weighted by atomic mass is 10.2. The smallest absolute Gasteiger partial charge is 0.258 e. The highest BCUT2D eigenvalue weighted by molar-refractivity contribution is 9.10. The van der Waals surface area contributed by atoms with E-state index in [-0.39, 0.29) is 10.6 Å². The summed E-state index contributed by atoms with van der Waals surface area (Å²) in [5, 5.41) is 11.3. The highest BCUT2D eigenvalue weighted by Crippen LogP contribution is 2.28. The van der Waals surface area contributed by atoms with Crippen molar-refractivity contribution in [2.45, 2.75) is 31.3 Å². The zero-order valence-corrected chi connectivity index (χ0v) is 11.7. The third-order valence-corrected chi connectivity index (χ3v) is 4.39. The van der Waals surface area contributed by atoms with Crippen molar-refractivity contribution in [3.05, 3.63) is 38.3 Å². The summed E-state index contributed by atoms with van der Waals surface area (Å²) in [5.74, 6) is 0.823. The fourth-order valence-corrected chi connectivity index (χ4v) is 2.43. The molecule has 0 aliphatic carbocycles. The molecule has 0 saturated carbocycles. The van der Waals surface area contributed by atoms with Crippen LogP contribution < -0.4 is 0 Å². The summed E-state index contributed by atoms with van der Waals surface area (Å²) in [7, 11) is 0. The second-order valence-corrected chi connectivity index (χ2v) is 5.85. The third-order valence-electron chi connectivity index (χ3n) is 2.32. The summed E-state index contributed by atoms with van der Waals surface area (Å²) >= 11 is 4.99. The van der Waals surface area contributed by atoms with Gasteiger partial charge in [-0.2, -0.15) is 11.8 Å². The number of benzene rings is 1. The Kier molecular flexibility index (Phi) is 5.28. The fourth-order valence-electron chi connectivity index (χ4n) is 1.14. The summed E-state index contributed by atoms with van der Waals surface area (Å²) in [6, 6.07) is 5.30. The Hall–Kier alpha value is -0.550. The minimum atomic E-state index is -0.360. The monoisotopic (exact) mass is 303 g/mol. The van der Waals surface area contributed by atoms with Gasteiger partial charge >= 0.3 is 0 Å². The van der Waals surface area contributed by atoms with Gasteiger partial charge in [0.05, 0.1) is 9.40 Å². The van der Waals surface area contributed by atoms with E-state index in [0.29, 0.717) is 9.72 Å². The number of thioether (sulfide) groups is 1. The molecule has 0 amide bonds. The molecule has 88 valence electrons. The van der Waals surface area contributed by atoms with Gasteiger partial charge in [0.2, 0.25) is 0 Å². The van der Waals surface area contributed by atoms with E-state index in [0.717, 1.165) is 17.7 Å². The van der Waals surface area contributed by atoms with Gasteiger partial charge in [0.1, 0.15) is 0 Å². The molecular formula is C11H14BrNO2S. The van der Waals surface area contributed by atoms with Crippen LogP contribution in [0.5, 0.6) is 0 Å². The Morgan fingerprint density at radius 3 is 2.81 bits per heavy atom. The number of nitro groups is 1. The summed E-state index contributed by atoms with van der Waals surface area (Å²) in [5.41, 5.74) is 1.14. The van der Waals surface area contributed by atoms with Gasteiger partial charge in [0.15, 0.2) is 0 Å². The van der Waals surface area contributed by atoms with Crippen LogP contribution in [0.1, 0.15) is 25.8 Å². The summed E-state index contributed by atoms with van der Waals surface area (Å²) < 4.78 is 0.537. The predicted molar refractivity (Wildman–Crippen MR) is 71.8 cm³/mol. The minimum Gasteiger partial charge on any atom is -0.258 e. The van der Waals surface area contributed by atoms with Gasteiger partial charge in [0.25, 0.3) is 5.69 Å². The Bertz CT molecular complexity index is 384. The molecule has 0 saturated heterocycles. The third kappa shape index (κ3) is 3.79. The van der Waals surface area contributed by atoms with Crippen LogP contribution in [0.25, 0.3) is 0 Å². The minimum absolute atomic E-state index is 0.141. The molecule has 0 radical (unpaired) electrons. The van der Waals surface area contributed by atoms with Gasteiger partial charge in [0, 0.05) is 17.1 Å². The van der Waals surface area contributed by atoms with Crippen molar-refractivity contribution in [2.24, 2.45) is 0 Å². The van der Waals surface area contributed by atoms with E-state index >= 15 is 0 Å². The van der Waals surface area contributed by atoms with Gasteiger partial charge in [-0.25, -0.2) is 0 Å². The topological polar surface area (TPSA) is 43.1 Å². The Labute approximate surface area is 108 Å². The zero-order valence-electron chi connectivity index (χ0n) is 9.27. The first kappa shape index (κ1) is 13.5. The number of nitrogens with zero attached hydrogens (tertiary/aromatic N) is 1. The van der Waals surface area contributed by atoms with Crippen LogP contribution in [0.3, 0.4) is 0 Å². The molecule has 1 atom stereocenters. The molecule has 0 fully saturated rings. The maximum absolute atomic E-state index is 10.7. The van der Waals surface area contributed by atoms with E-state index in [2.05, 4.69) is 29.8 Å². The molecule has 0 aliphatic rings. The first-order valence-electron chi connectivity index (χ1n) is 5.09. The van der Waals surface area contributed by atoms with E-state index in [4.69, 9.17) is 0 Å². The van der Waals surface area contributed by atoms with Crippen LogP contribution in [-0.4, -0.2) is 10.2 Å². The summed E-state index contributed by atoms with van der Waals surface area (Å²) in [6.07, 6.45) is 1.11. The van der Waals surface area contributed by atoms with E-state index < -0.39 is 0 Å². The lowest BCUT2D eigenvalue weighted by Gasteiger charge is -2.08. The van der Waals surface area contributed by atoms with Crippen LogP contribution in [0, 0.1) is 10.1 Å². The van der Waals surface area contributed by atoms with E-state index in [1.165, 1.54) is 0 Å². The fraction of sp³-hybridized carbons (Fsp3) is 0.455. The first-order chi connectivity index (χ1) is 7.54. The Balaban J connectivity index is 2.75. The number of rotatable bonds is 5. The molecule has 0 aromatic heterocycles. The quantitative estimate of drug-likeness (QED) is 0.598. The first-order valence-corrected chi connectivity index (χ1v) is 6.93. The molecule has 1 aromatic rings. The number of hydrogen-bond acceptors (Lipinski definition) is 3. The molecule has 1 unspecified atom stereocenters. The molecule has 16 heavy (non-hydrogen) atoms. The van der Waals surface area contributed by atoms with Crippen LogP contribution >= 0.6 is 27.7 Å².